The van der Waals surface area contributed by atoms with Crippen molar-refractivity contribution >= 4 is 0 Å². The normalized spacial score (nSPS) is 31.2. The number of nitrogens with zero attached hydrogens (tertiary/aromatic N) is 1. The summed E-state index contributed by atoms with van der Waals surface area (Å²) in [6.45, 7) is 4.45. The molecular formula is C8H18N2. The van der Waals surface area contributed by atoms with Gasteiger partial charge in [-0.1, -0.05) is 19.8 Å². The van der Waals surface area contributed by atoms with Crippen molar-refractivity contribution in [3.63, 3.8) is 0 Å². The van der Waals surface area contributed by atoms with Crippen LogP contribution in [0.25, 0.3) is 0 Å². The van der Waals surface area contributed by atoms with Crippen LogP contribution in [0.15, 0.2) is 0 Å². The summed E-state index contributed by atoms with van der Waals surface area (Å²) in [6.07, 6.45) is 5.39. The monoisotopic (exact) mass is 142 g/mol. The average Bonchev–Trinajstić information content (AvgIpc) is 1.83. The lowest BCUT2D eigenvalue weighted by atomic mass is 10.0. The van der Waals surface area contributed by atoms with E-state index >= 15 is 0 Å². The number of hydrogen-bond acceptors (Lipinski definition) is 2. The second kappa shape index (κ2) is 3.94. The Morgan fingerprint density at radius 3 is 2.90 bits per heavy atom. The van der Waals surface area contributed by atoms with Crippen LogP contribution in [0, 0.1) is 5.92 Å². The third kappa shape index (κ3) is 2.67. The largest absolute Gasteiger partial charge is 0.269 e. The molecule has 0 amide bonds. The van der Waals surface area contributed by atoms with E-state index < -0.39 is 0 Å². The molecule has 1 aliphatic rings. The smallest absolute Gasteiger partial charge is 0.0154 e. The number of rotatable bonds is 0. The van der Waals surface area contributed by atoms with Crippen molar-refractivity contribution in [2.24, 2.45) is 11.8 Å². The molecule has 1 rings (SSSR count). The van der Waals surface area contributed by atoms with Crippen molar-refractivity contribution in [3.8, 4) is 0 Å². The molecule has 1 atom stereocenters. The second-order valence-electron chi connectivity index (χ2n) is 3.45. The Morgan fingerprint density at radius 1 is 1.30 bits per heavy atom. The maximum atomic E-state index is 5.73. The predicted molar refractivity (Wildman–Crippen MR) is 43.4 cm³/mol. The molecule has 0 aromatic heterocycles. The first-order valence-electron chi connectivity index (χ1n) is 4.28. The van der Waals surface area contributed by atoms with Gasteiger partial charge in [-0.2, -0.15) is 0 Å². The third-order valence-electron chi connectivity index (χ3n) is 2.19. The Hall–Kier alpha value is -0.0800. The quantitative estimate of drug-likeness (QED) is 0.518. The molecule has 1 aliphatic heterocycles. The van der Waals surface area contributed by atoms with Crippen molar-refractivity contribution in [3.05, 3.63) is 0 Å². The molecule has 2 N–H and O–H groups in total. The van der Waals surface area contributed by atoms with Gasteiger partial charge >= 0.3 is 0 Å². The first kappa shape index (κ1) is 8.02. The summed E-state index contributed by atoms with van der Waals surface area (Å²) in [5.41, 5.74) is 0. The highest BCUT2D eigenvalue weighted by molar-refractivity contribution is 4.62. The van der Waals surface area contributed by atoms with E-state index in [-0.39, 0.29) is 0 Å². The van der Waals surface area contributed by atoms with Gasteiger partial charge in [-0.05, 0) is 18.8 Å². The molecule has 0 spiro atoms. The van der Waals surface area contributed by atoms with Crippen LogP contribution in [-0.2, 0) is 0 Å². The second-order valence-corrected chi connectivity index (χ2v) is 3.45. The summed E-state index contributed by atoms with van der Waals surface area (Å²) in [6, 6.07) is 0. The summed E-state index contributed by atoms with van der Waals surface area (Å²) in [5.74, 6) is 6.52. The highest BCUT2D eigenvalue weighted by Crippen LogP contribution is 2.13. The van der Waals surface area contributed by atoms with Crippen molar-refractivity contribution in [2.75, 3.05) is 13.1 Å². The minimum atomic E-state index is 0.797. The topological polar surface area (TPSA) is 29.3 Å². The van der Waals surface area contributed by atoms with Crippen molar-refractivity contribution < 1.29 is 0 Å². The van der Waals surface area contributed by atoms with Gasteiger partial charge in [-0.15, -0.1) is 0 Å². The standard InChI is InChI=1S/C8H18N2/c1-8-5-3-2-4-6-10(9)7-8/h8H,2-7,9H2,1H3/t8-/m1/s1. The van der Waals surface area contributed by atoms with E-state index in [9.17, 15) is 0 Å². The molecule has 0 bridgehead atoms. The van der Waals surface area contributed by atoms with E-state index in [0.717, 1.165) is 19.0 Å². The maximum Gasteiger partial charge on any atom is 0.0154 e. The Kier molecular flexibility index (Phi) is 3.16. The van der Waals surface area contributed by atoms with E-state index in [0.29, 0.717) is 0 Å². The van der Waals surface area contributed by atoms with E-state index in [4.69, 9.17) is 5.84 Å². The van der Waals surface area contributed by atoms with Gasteiger partial charge in [-0.3, -0.25) is 5.84 Å². The summed E-state index contributed by atoms with van der Waals surface area (Å²) < 4.78 is 0. The maximum absolute atomic E-state index is 5.73. The Morgan fingerprint density at radius 2 is 2.10 bits per heavy atom. The van der Waals surface area contributed by atoms with Gasteiger partial charge in [0, 0.05) is 13.1 Å². The molecule has 10 heavy (non-hydrogen) atoms. The zero-order valence-corrected chi connectivity index (χ0v) is 6.84. The van der Waals surface area contributed by atoms with Gasteiger partial charge in [0.25, 0.3) is 0 Å². The minimum Gasteiger partial charge on any atom is -0.269 e. The first-order valence-corrected chi connectivity index (χ1v) is 4.28. The van der Waals surface area contributed by atoms with Crippen LogP contribution in [0.3, 0.4) is 0 Å². The molecular weight excluding hydrogens is 124 g/mol. The van der Waals surface area contributed by atoms with Crippen LogP contribution < -0.4 is 5.84 Å². The van der Waals surface area contributed by atoms with Crippen molar-refractivity contribution in [1.29, 1.82) is 0 Å². The first-order chi connectivity index (χ1) is 4.79. The van der Waals surface area contributed by atoms with Crippen LogP contribution in [0.4, 0.5) is 0 Å². The fourth-order valence-corrected chi connectivity index (χ4v) is 1.57. The molecule has 1 fully saturated rings. The molecule has 2 heteroatoms. The molecule has 60 valence electrons. The zero-order chi connectivity index (χ0) is 7.40. The van der Waals surface area contributed by atoms with Gasteiger partial charge in [0.05, 0.1) is 0 Å². The van der Waals surface area contributed by atoms with E-state index in [1.54, 1.807) is 0 Å². The summed E-state index contributed by atoms with van der Waals surface area (Å²) in [7, 11) is 0. The molecule has 0 unspecified atom stereocenters. The lowest BCUT2D eigenvalue weighted by Crippen LogP contribution is -2.36. The van der Waals surface area contributed by atoms with Crippen LogP contribution in [0.5, 0.6) is 0 Å². The highest BCUT2D eigenvalue weighted by Gasteiger charge is 2.09. The van der Waals surface area contributed by atoms with Crippen LogP contribution in [0.1, 0.15) is 32.6 Å². The fraction of sp³-hybridized carbons (Fsp3) is 1.00. The van der Waals surface area contributed by atoms with Crippen LogP contribution in [-0.4, -0.2) is 18.1 Å². The summed E-state index contributed by atoms with van der Waals surface area (Å²) in [5, 5.41) is 1.96. The molecule has 0 radical (unpaired) electrons. The fourth-order valence-electron chi connectivity index (χ4n) is 1.57. The molecule has 0 aromatic rings. The molecule has 1 saturated heterocycles. The third-order valence-corrected chi connectivity index (χ3v) is 2.19. The van der Waals surface area contributed by atoms with Gasteiger partial charge in [0.2, 0.25) is 0 Å². The Labute approximate surface area is 63.4 Å². The lowest BCUT2D eigenvalue weighted by Gasteiger charge is -2.23. The van der Waals surface area contributed by atoms with Gasteiger partial charge < -0.3 is 0 Å². The summed E-state index contributed by atoms with van der Waals surface area (Å²) >= 11 is 0. The molecule has 1 heterocycles. The number of hydrogen-bond donors (Lipinski definition) is 1. The van der Waals surface area contributed by atoms with Crippen molar-refractivity contribution in [2.45, 2.75) is 32.6 Å². The minimum absolute atomic E-state index is 0.797. The molecule has 0 saturated carbocycles. The van der Waals surface area contributed by atoms with E-state index in [2.05, 4.69) is 6.92 Å². The number of nitrogens with two attached hydrogens (primary N) is 1. The average molecular weight is 142 g/mol. The predicted octanol–water partition coefficient (Wildman–Crippen LogP) is 1.37. The van der Waals surface area contributed by atoms with E-state index in [1.807, 2.05) is 5.01 Å². The molecule has 0 aliphatic carbocycles. The molecule has 2 nitrogen and oxygen atoms in total. The Bertz CT molecular complexity index is 83.3. The summed E-state index contributed by atoms with van der Waals surface area (Å²) in [4.78, 5) is 0. The molecule has 0 aromatic carbocycles. The lowest BCUT2D eigenvalue weighted by molar-refractivity contribution is 0.214. The van der Waals surface area contributed by atoms with Gasteiger partial charge in [0.15, 0.2) is 0 Å². The number of hydrazine groups is 1. The highest BCUT2D eigenvalue weighted by atomic mass is 15.4. The van der Waals surface area contributed by atoms with E-state index in [1.165, 1.54) is 25.7 Å². The van der Waals surface area contributed by atoms with Crippen LogP contribution >= 0.6 is 0 Å². The van der Waals surface area contributed by atoms with Crippen molar-refractivity contribution in [1.82, 2.24) is 5.01 Å². The van der Waals surface area contributed by atoms with Gasteiger partial charge in [0.1, 0.15) is 0 Å². The van der Waals surface area contributed by atoms with Crippen LogP contribution in [0.2, 0.25) is 0 Å². The van der Waals surface area contributed by atoms with Gasteiger partial charge in [-0.25, -0.2) is 5.01 Å². The SMILES string of the molecule is C[C@@H]1CCCCCN(N)C1. The zero-order valence-electron chi connectivity index (χ0n) is 6.84. The Balaban J connectivity index is 2.25.